The second kappa shape index (κ2) is 4.33. The van der Waals surface area contributed by atoms with E-state index in [4.69, 9.17) is 5.73 Å². The highest BCUT2D eigenvalue weighted by Crippen LogP contribution is 2.44. The molecule has 0 saturated heterocycles. The summed E-state index contributed by atoms with van der Waals surface area (Å²) in [6.45, 7) is 2.34. The van der Waals surface area contributed by atoms with Gasteiger partial charge in [0.25, 0.3) is 0 Å². The predicted molar refractivity (Wildman–Crippen MR) is 74.3 cm³/mol. The van der Waals surface area contributed by atoms with Gasteiger partial charge in [-0.05, 0) is 49.7 Å². The Hall–Kier alpha value is -0.470. The topological polar surface area (TPSA) is 26.0 Å². The highest BCUT2D eigenvalue weighted by molar-refractivity contribution is 8.00. The lowest BCUT2D eigenvalue weighted by Gasteiger charge is -2.27. The quantitative estimate of drug-likeness (QED) is 0.864. The van der Waals surface area contributed by atoms with Crippen LogP contribution in [0.4, 0.5) is 0 Å². The van der Waals surface area contributed by atoms with E-state index in [9.17, 15) is 0 Å². The Bertz CT molecular complexity index is 392. The van der Waals surface area contributed by atoms with Crippen molar-refractivity contribution in [3.8, 4) is 0 Å². The Morgan fingerprint density at radius 1 is 1.41 bits per heavy atom. The maximum absolute atomic E-state index is 6.55. The van der Waals surface area contributed by atoms with Crippen LogP contribution in [0.25, 0.3) is 0 Å². The van der Waals surface area contributed by atoms with Crippen LogP contribution in [0.2, 0.25) is 0 Å². The molecule has 3 atom stereocenters. The molecule has 1 heterocycles. The fraction of sp³-hybridized carbons (Fsp3) is 0.600. The first-order chi connectivity index (χ1) is 8.15. The van der Waals surface area contributed by atoms with Crippen molar-refractivity contribution in [1.82, 2.24) is 0 Å². The zero-order valence-electron chi connectivity index (χ0n) is 10.5. The Labute approximate surface area is 108 Å². The lowest BCUT2D eigenvalue weighted by atomic mass is 9.90. The summed E-state index contributed by atoms with van der Waals surface area (Å²) in [4.78, 5) is 1.48. The van der Waals surface area contributed by atoms with Crippen LogP contribution in [0.1, 0.15) is 38.2 Å². The van der Waals surface area contributed by atoms with Crippen LogP contribution in [0.15, 0.2) is 29.2 Å². The number of benzene rings is 1. The van der Waals surface area contributed by atoms with Crippen LogP contribution < -0.4 is 5.73 Å². The molecule has 1 saturated carbocycles. The second-order valence-electron chi connectivity index (χ2n) is 5.97. The molecule has 1 aliphatic heterocycles. The fourth-order valence-electron chi connectivity index (χ4n) is 3.44. The van der Waals surface area contributed by atoms with E-state index >= 15 is 0 Å². The van der Waals surface area contributed by atoms with Crippen molar-refractivity contribution in [1.29, 1.82) is 0 Å². The van der Waals surface area contributed by atoms with Gasteiger partial charge in [-0.25, -0.2) is 0 Å². The molecule has 2 heteroatoms. The second-order valence-corrected chi connectivity index (χ2v) is 7.31. The molecule has 17 heavy (non-hydrogen) atoms. The van der Waals surface area contributed by atoms with Gasteiger partial charge in [0.1, 0.15) is 0 Å². The predicted octanol–water partition coefficient (Wildman–Crippen LogP) is 3.61. The number of thioether (sulfide) groups is 1. The molecular weight excluding hydrogens is 226 g/mol. The molecule has 92 valence electrons. The Kier molecular flexibility index (Phi) is 2.95. The zero-order chi connectivity index (χ0) is 11.9. The van der Waals surface area contributed by atoms with E-state index < -0.39 is 0 Å². The minimum absolute atomic E-state index is 0.124. The number of hydrogen-bond acceptors (Lipinski definition) is 2. The summed E-state index contributed by atoms with van der Waals surface area (Å²) in [6, 6.07) is 8.81. The van der Waals surface area contributed by atoms with Crippen molar-refractivity contribution in [3.05, 3.63) is 29.8 Å². The van der Waals surface area contributed by atoms with Gasteiger partial charge < -0.3 is 5.73 Å². The first-order valence-electron chi connectivity index (χ1n) is 6.68. The summed E-state index contributed by atoms with van der Waals surface area (Å²) in [6.07, 6.45) is 6.17. The average molecular weight is 247 g/mol. The molecule has 1 aromatic rings. The molecule has 1 aromatic carbocycles. The minimum Gasteiger partial charge on any atom is -0.325 e. The molecule has 3 rings (SSSR count). The van der Waals surface area contributed by atoms with Gasteiger partial charge in [0.15, 0.2) is 0 Å². The van der Waals surface area contributed by atoms with Gasteiger partial charge in [-0.3, -0.25) is 0 Å². The highest BCUT2D eigenvalue weighted by Gasteiger charge is 2.37. The lowest BCUT2D eigenvalue weighted by molar-refractivity contribution is 0.387. The standard InChI is InChI=1S/C15H21NS/c1-11-6-7-15(16,9-11)10-13-8-12-4-2-3-5-14(12)17-13/h2-5,11,13H,6-10,16H2,1H3. The van der Waals surface area contributed by atoms with Crippen molar-refractivity contribution in [3.63, 3.8) is 0 Å². The number of rotatable bonds is 2. The molecule has 1 nitrogen and oxygen atoms in total. The van der Waals surface area contributed by atoms with Gasteiger partial charge in [-0.1, -0.05) is 25.1 Å². The third-order valence-electron chi connectivity index (χ3n) is 4.24. The molecule has 2 aliphatic rings. The van der Waals surface area contributed by atoms with Crippen LogP contribution in [0.5, 0.6) is 0 Å². The molecule has 0 spiro atoms. The van der Waals surface area contributed by atoms with Crippen molar-refractivity contribution < 1.29 is 0 Å². The Morgan fingerprint density at radius 3 is 2.94 bits per heavy atom. The molecule has 0 bridgehead atoms. The summed E-state index contributed by atoms with van der Waals surface area (Å²) < 4.78 is 0. The van der Waals surface area contributed by atoms with Crippen LogP contribution >= 0.6 is 11.8 Å². The molecule has 0 radical (unpaired) electrons. The zero-order valence-corrected chi connectivity index (χ0v) is 11.3. The lowest BCUT2D eigenvalue weighted by Crippen LogP contribution is -2.39. The highest BCUT2D eigenvalue weighted by atomic mass is 32.2. The van der Waals surface area contributed by atoms with E-state index in [-0.39, 0.29) is 5.54 Å². The first kappa shape index (κ1) is 11.6. The summed E-state index contributed by atoms with van der Waals surface area (Å²) in [5.74, 6) is 0.828. The third-order valence-corrected chi connectivity index (χ3v) is 5.56. The average Bonchev–Trinajstić information content (AvgIpc) is 2.81. The van der Waals surface area contributed by atoms with E-state index in [0.29, 0.717) is 5.25 Å². The molecule has 0 amide bonds. The van der Waals surface area contributed by atoms with E-state index in [1.54, 1.807) is 0 Å². The van der Waals surface area contributed by atoms with Gasteiger partial charge in [0, 0.05) is 15.7 Å². The maximum Gasteiger partial charge on any atom is 0.0167 e. The summed E-state index contributed by atoms with van der Waals surface area (Å²) in [5, 5.41) is 0.711. The normalized spacial score (nSPS) is 36.1. The van der Waals surface area contributed by atoms with Crippen molar-refractivity contribution in [2.24, 2.45) is 11.7 Å². The third kappa shape index (κ3) is 2.38. The molecule has 0 aromatic heterocycles. The summed E-state index contributed by atoms with van der Waals surface area (Å²) in [5.41, 5.74) is 8.20. The largest absolute Gasteiger partial charge is 0.325 e. The van der Waals surface area contributed by atoms with Crippen molar-refractivity contribution in [2.45, 2.75) is 54.7 Å². The van der Waals surface area contributed by atoms with Crippen LogP contribution in [-0.4, -0.2) is 10.8 Å². The van der Waals surface area contributed by atoms with Crippen LogP contribution in [0.3, 0.4) is 0 Å². The van der Waals surface area contributed by atoms with E-state index in [2.05, 4.69) is 31.2 Å². The smallest absolute Gasteiger partial charge is 0.0167 e. The van der Waals surface area contributed by atoms with E-state index in [0.717, 1.165) is 5.92 Å². The number of fused-ring (bicyclic) bond motifs is 1. The molecule has 1 aliphatic carbocycles. The summed E-state index contributed by atoms with van der Waals surface area (Å²) in [7, 11) is 0. The SMILES string of the molecule is CC1CCC(N)(CC2Cc3ccccc3S2)C1. The van der Waals surface area contributed by atoms with Crippen molar-refractivity contribution >= 4 is 11.8 Å². The fourth-order valence-corrected chi connectivity index (χ4v) is 4.94. The number of nitrogens with two attached hydrogens (primary N) is 1. The summed E-state index contributed by atoms with van der Waals surface area (Å²) >= 11 is 2.04. The molecule has 1 fully saturated rings. The van der Waals surface area contributed by atoms with Gasteiger partial charge in [0.05, 0.1) is 0 Å². The van der Waals surface area contributed by atoms with Crippen LogP contribution in [-0.2, 0) is 6.42 Å². The van der Waals surface area contributed by atoms with Gasteiger partial charge >= 0.3 is 0 Å². The Balaban J connectivity index is 1.66. The van der Waals surface area contributed by atoms with Gasteiger partial charge in [0.2, 0.25) is 0 Å². The maximum atomic E-state index is 6.55. The Morgan fingerprint density at radius 2 is 2.24 bits per heavy atom. The van der Waals surface area contributed by atoms with Crippen molar-refractivity contribution in [2.75, 3.05) is 0 Å². The van der Waals surface area contributed by atoms with Gasteiger partial charge in [-0.2, -0.15) is 0 Å². The molecule has 3 unspecified atom stereocenters. The van der Waals surface area contributed by atoms with Crippen LogP contribution in [0, 0.1) is 5.92 Å². The first-order valence-corrected chi connectivity index (χ1v) is 7.56. The van der Waals surface area contributed by atoms with E-state index in [1.807, 2.05) is 11.8 Å². The van der Waals surface area contributed by atoms with Gasteiger partial charge in [-0.15, -0.1) is 11.8 Å². The molecular formula is C15H21NS. The minimum atomic E-state index is 0.124. The van der Waals surface area contributed by atoms with E-state index in [1.165, 1.54) is 42.6 Å². The monoisotopic (exact) mass is 247 g/mol. The molecule has 2 N–H and O–H groups in total. The number of hydrogen-bond donors (Lipinski definition) is 1.